The number of amides is 1. The van der Waals surface area contributed by atoms with Gasteiger partial charge in [0.2, 0.25) is 5.91 Å². The maximum absolute atomic E-state index is 12.5. The molecule has 2 aromatic carbocycles. The lowest BCUT2D eigenvalue weighted by Gasteiger charge is -2.11. The van der Waals surface area contributed by atoms with Crippen LogP contribution < -0.4 is 5.32 Å². The molecule has 0 bridgehead atoms. The first kappa shape index (κ1) is 21.3. The maximum atomic E-state index is 12.5. The molecule has 2 heterocycles. The lowest BCUT2D eigenvalue weighted by atomic mass is 10.1. The van der Waals surface area contributed by atoms with E-state index in [1.807, 2.05) is 47.8 Å². The van der Waals surface area contributed by atoms with Gasteiger partial charge >= 0.3 is 0 Å². The fourth-order valence-electron chi connectivity index (χ4n) is 3.34. The van der Waals surface area contributed by atoms with E-state index in [4.69, 9.17) is 0 Å². The summed E-state index contributed by atoms with van der Waals surface area (Å²) in [5.74, 6) is 3.48. The average Bonchev–Trinajstić information content (AvgIpc) is 3.43. The van der Waals surface area contributed by atoms with E-state index in [1.165, 1.54) is 28.8 Å². The standard InChI is InChI=1S/C22H24N4OS3/c1-3-26-20(18-10-5-4-7-15(18)2)24-25-22(26)30-14-19(27)23-17-9-6-8-16(13-17)21-28-11-12-29-21/h4-10,13,21H,3,11-12,14H2,1-2H3,(H,23,27). The van der Waals surface area contributed by atoms with Crippen LogP contribution in [0, 0.1) is 6.92 Å². The molecule has 8 heteroatoms. The van der Waals surface area contributed by atoms with Crippen LogP contribution in [-0.2, 0) is 11.3 Å². The number of carbonyl (C=O) groups is 1. The number of hydrogen-bond acceptors (Lipinski definition) is 6. The molecule has 0 saturated carbocycles. The van der Waals surface area contributed by atoms with Gasteiger partial charge in [0.1, 0.15) is 0 Å². The molecule has 3 aromatic rings. The van der Waals surface area contributed by atoms with Crippen LogP contribution in [0.2, 0.25) is 0 Å². The van der Waals surface area contributed by atoms with Crippen molar-refractivity contribution < 1.29 is 4.79 Å². The van der Waals surface area contributed by atoms with E-state index in [0.29, 0.717) is 10.3 Å². The average molecular weight is 457 g/mol. The van der Waals surface area contributed by atoms with E-state index in [-0.39, 0.29) is 5.91 Å². The molecule has 1 amide bonds. The highest BCUT2D eigenvalue weighted by Crippen LogP contribution is 2.45. The second-order valence-electron chi connectivity index (χ2n) is 6.90. The molecule has 0 spiro atoms. The summed E-state index contributed by atoms with van der Waals surface area (Å²) in [4.78, 5) is 12.5. The summed E-state index contributed by atoms with van der Waals surface area (Å²) in [5.41, 5.74) is 4.35. The van der Waals surface area contributed by atoms with Crippen LogP contribution in [0.25, 0.3) is 11.4 Å². The van der Waals surface area contributed by atoms with Gasteiger partial charge in [0, 0.05) is 29.3 Å². The van der Waals surface area contributed by atoms with E-state index in [2.05, 4.69) is 58.2 Å². The summed E-state index contributed by atoms with van der Waals surface area (Å²) in [6.45, 7) is 4.89. The summed E-state index contributed by atoms with van der Waals surface area (Å²) in [5, 5.41) is 12.5. The molecular weight excluding hydrogens is 432 g/mol. The SMILES string of the molecule is CCn1c(SCC(=O)Nc2cccc(C3SCCS3)c2)nnc1-c1ccccc1C. The highest BCUT2D eigenvalue weighted by molar-refractivity contribution is 8.19. The first-order valence-electron chi connectivity index (χ1n) is 9.90. The van der Waals surface area contributed by atoms with Gasteiger partial charge in [-0.15, -0.1) is 33.7 Å². The zero-order valence-corrected chi connectivity index (χ0v) is 19.4. The molecule has 1 N–H and O–H groups in total. The van der Waals surface area contributed by atoms with Crippen LogP contribution in [0.1, 0.15) is 22.6 Å². The molecule has 1 aromatic heterocycles. The number of anilines is 1. The number of benzene rings is 2. The molecule has 1 fully saturated rings. The Morgan fingerprint density at radius 2 is 1.97 bits per heavy atom. The summed E-state index contributed by atoms with van der Waals surface area (Å²) in [6, 6.07) is 16.3. The molecule has 1 aliphatic heterocycles. The third-order valence-electron chi connectivity index (χ3n) is 4.82. The van der Waals surface area contributed by atoms with Crippen molar-refractivity contribution in [3.63, 3.8) is 0 Å². The van der Waals surface area contributed by atoms with Crippen molar-refractivity contribution in [2.24, 2.45) is 0 Å². The lowest BCUT2D eigenvalue weighted by Crippen LogP contribution is -2.14. The predicted molar refractivity (Wildman–Crippen MR) is 129 cm³/mol. The van der Waals surface area contributed by atoms with Gasteiger partial charge in [-0.1, -0.05) is 48.2 Å². The minimum absolute atomic E-state index is 0.0352. The van der Waals surface area contributed by atoms with E-state index >= 15 is 0 Å². The Morgan fingerprint density at radius 1 is 1.17 bits per heavy atom. The molecule has 1 aliphatic rings. The van der Waals surface area contributed by atoms with Gasteiger partial charge < -0.3 is 9.88 Å². The van der Waals surface area contributed by atoms with Gasteiger partial charge in [-0.3, -0.25) is 4.79 Å². The summed E-state index contributed by atoms with van der Waals surface area (Å²) in [6.07, 6.45) is 0. The molecule has 5 nitrogen and oxygen atoms in total. The van der Waals surface area contributed by atoms with Crippen LogP contribution in [0.3, 0.4) is 0 Å². The number of hydrogen-bond donors (Lipinski definition) is 1. The smallest absolute Gasteiger partial charge is 0.234 e. The Balaban J connectivity index is 1.41. The van der Waals surface area contributed by atoms with Crippen LogP contribution in [-0.4, -0.2) is 37.9 Å². The van der Waals surface area contributed by atoms with Gasteiger partial charge in [-0.05, 0) is 37.1 Å². The fraction of sp³-hybridized carbons (Fsp3) is 0.318. The van der Waals surface area contributed by atoms with Crippen LogP contribution in [0.5, 0.6) is 0 Å². The Hall–Kier alpha value is -1.90. The molecule has 1 saturated heterocycles. The van der Waals surface area contributed by atoms with E-state index in [9.17, 15) is 4.79 Å². The second kappa shape index (κ2) is 9.94. The van der Waals surface area contributed by atoms with Crippen molar-refractivity contribution in [2.75, 3.05) is 22.6 Å². The molecule has 4 rings (SSSR count). The van der Waals surface area contributed by atoms with Gasteiger partial charge in [0.05, 0.1) is 10.3 Å². The van der Waals surface area contributed by atoms with Gasteiger partial charge in [-0.2, -0.15) is 0 Å². The van der Waals surface area contributed by atoms with Gasteiger partial charge in [0.25, 0.3) is 0 Å². The highest BCUT2D eigenvalue weighted by Gasteiger charge is 2.19. The first-order valence-corrected chi connectivity index (χ1v) is 13.0. The Morgan fingerprint density at radius 3 is 2.73 bits per heavy atom. The topological polar surface area (TPSA) is 59.8 Å². The largest absolute Gasteiger partial charge is 0.325 e. The Bertz CT molecular complexity index is 1030. The molecule has 0 atom stereocenters. The first-order chi connectivity index (χ1) is 14.7. The maximum Gasteiger partial charge on any atom is 0.234 e. The van der Waals surface area contributed by atoms with Crippen molar-refractivity contribution in [3.05, 3.63) is 59.7 Å². The van der Waals surface area contributed by atoms with Crippen LogP contribution >= 0.6 is 35.3 Å². The monoisotopic (exact) mass is 456 g/mol. The van der Waals surface area contributed by atoms with Crippen molar-refractivity contribution >= 4 is 46.9 Å². The molecule has 0 unspecified atom stereocenters. The zero-order valence-electron chi connectivity index (χ0n) is 17.0. The van der Waals surface area contributed by atoms with Crippen LogP contribution in [0.4, 0.5) is 5.69 Å². The lowest BCUT2D eigenvalue weighted by molar-refractivity contribution is -0.113. The molecule has 0 radical (unpaired) electrons. The van der Waals surface area contributed by atoms with E-state index < -0.39 is 0 Å². The highest BCUT2D eigenvalue weighted by atomic mass is 32.2. The fourth-order valence-corrected chi connectivity index (χ4v) is 6.99. The molecule has 0 aliphatic carbocycles. The number of aromatic nitrogens is 3. The Kier molecular flexibility index (Phi) is 7.07. The van der Waals surface area contributed by atoms with Crippen molar-refractivity contribution in [2.45, 2.75) is 30.1 Å². The molecule has 30 heavy (non-hydrogen) atoms. The quantitative estimate of drug-likeness (QED) is 0.475. The predicted octanol–water partition coefficient (Wildman–Crippen LogP) is 5.48. The van der Waals surface area contributed by atoms with Crippen molar-refractivity contribution in [1.29, 1.82) is 0 Å². The number of nitrogens with zero attached hydrogens (tertiary/aromatic N) is 3. The molecular formula is C22H24N4OS3. The third kappa shape index (κ3) is 4.87. The minimum atomic E-state index is -0.0352. The number of aryl methyl sites for hydroxylation is 1. The van der Waals surface area contributed by atoms with Gasteiger partial charge in [0.15, 0.2) is 11.0 Å². The molecule has 156 valence electrons. The number of thioether (sulfide) groups is 3. The number of nitrogens with one attached hydrogen (secondary N) is 1. The van der Waals surface area contributed by atoms with Crippen LogP contribution in [0.15, 0.2) is 53.7 Å². The summed E-state index contributed by atoms with van der Waals surface area (Å²) < 4.78 is 2.54. The minimum Gasteiger partial charge on any atom is -0.325 e. The second-order valence-corrected chi connectivity index (χ2v) is 10.6. The Labute approximate surface area is 189 Å². The van der Waals surface area contributed by atoms with Gasteiger partial charge in [-0.25, -0.2) is 0 Å². The summed E-state index contributed by atoms with van der Waals surface area (Å²) >= 11 is 5.35. The van der Waals surface area contributed by atoms with Crippen molar-refractivity contribution in [1.82, 2.24) is 14.8 Å². The van der Waals surface area contributed by atoms with Crippen molar-refractivity contribution in [3.8, 4) is 11.4 Å². The number of carbonyl (C=O) groups excluding carboxylic acids is 1. The van der Waals surface area contributed by atoms with E-state index in [1.54, 1.807) is 0 Å². The third-order valence-corrected chi connectivity index (χ3v) is 8.89. The van der Waals surface area contributed by atoms with E-state index in [0.717, 1.165) is 34.3 Å². The summed E-state index contributed by atoms with van der Waals surface area (Å²) in [7, 11) is 0. The number of rotatable bonds is 7. The zero-order chi connectivity index (χ0) is 20.9. The normalized spacial score (nSPS) is 14.2.